The normalized spacial score (nSPS) is 12.8. The molecule has 0 radical (unpaired) electrons. The van der Waals surface area contributed by atoms with Crippen molar-refractivity contribution in [1.82, 2.24) is 0 Å². The van der Waals surface area contributed by atoms with Gasteiger partial charge in [-0.3, -0.25) is 0 Å². The van der Waals surface area contributed by atoms with E-state index in [1.54, 1.807) is 0 Å². The lowest BCUT2D eigenvalue weighted by molar-refractivity contribution is 0.413. The van der Waals surface area contributed by atoms with E-state index in [1.807, 2.05) is 0 Å². The van der Waals surface area contributed by atoms with Crippen LogP contribution in [0.2, 0.25) is 0 Å². The Morgan fingerprint density at radius 3 is 2.25 bits per heavy atom. The molecular weight excluding hydrogens is 196 g/mol. The average Bonchev–Trinajstić information content (AvgIpc) is 2.30. The summed E-state index contributed by atoms with van der Waals surface area (Å²) in [7, 11) is 0. The number of hydrogen-bond acceptors (Lipinski definition) is 2. The van der Waals surface area contributed by atoms with E-state index in [2.05, 4.69) is 50.4 Å². The summed E-state index contributed by atoms with van der Waals surface area (Å²) in [6, 6.07) is 8.64. The maximum atomic E-state index is 5.74. The van der Waals surface area contributed by atoms with Crippen LogP contribution >= 0.6 is 0 Å². The second-order valence-corrected chi connectivity index (χ2v) is 4.67. The summed E-state index contributed by atoms with van der Waals surface area (Å²) in [5.74, 6) is 1.18. The number of benzene rings is 1. The molecule has 0 aromatic heterocycles. The van der Waals surface area contributed by atoms with Crippen molar-refractivity contribution in [3.8, 4) is 0 Å². The molecule has 0 aliphatic carbocycles. The van der Waals surface area contributed by atoms with Crippen molar-refractivity contribution in [2.75, 3.05) is 18.4 Å². The van der Waals surface area contributed by atoms with Crippen LogP contribution in [0.4, 0.5) is 5.69 Å². The minimum absolute atomic E-state index is 0.547. The molecule has 0 bridgehead atoms. The van der Waals surface area contributed by atoms with E-state index < -0.39 is 0 Å². The first-order valence-corrected chi connectivity index (χ1v) is 6.20. The van der Waals surface area contributed by atoms with Gasteiger partial charge in [0.05, 0.1) is 0 Å². The summed E-state index contributed by atoms with van der Waals surface area (Å²) in [5.41, 5.74) is 8.31. The molecule has 1 unspecified atom stereocenters. The maximum absolute atomic E-state index is 5.74. The molecule has 0 heterocycles. The second-order valence-electron chi connectivity index (χ2n) is 4.67. The Balaban J connectivity index is 2.47. The molecule has 90 valence electrons. The molecule has 0 fully saturated rings. The van der Waals surface area contributed by atoms with E-state index in [0.717, 1.165) is 19.5 Å². The third-order valence-corrected chi connectivity index (χ3v) is 3.18. The molecule has 3 N–H and O–H groups in total. The third kappa shape index (κ3) is 3.86. The van der Waals surface area contributed by atoms with Crippen LogP contribution in [0.5, 0.6) is 0 Å². The maximum Gasteiger partial charge on any atom is 0.0340 e. The Morgan fingerprint density at radius 2 is 1.81 bits per heavy atom. The predicted octanol–water partition coefficient (Wildman–Crippen LogP) is 2.89. The highest BCUT2D eigenvalue weighted by Crippen LogP contribution is 2.13. The quantitative estimate of drug-likeness (QED) is 0.773. The third-order valence-electron chi connectivity index (χ3n) is 3.18. The zero-order valence-electron chi connectivity index (χ0n) is 10.7. The molecule has 2 nitrogen and oxygen atoms in total. The van der Waals surface area contributed by atoms with Crippen molar-refractivity contribution in [3.63, 3.8) is 0 Å². The molecule has 0 saturated carbocycles. The highest BCUT2D eigenvalue weighted by Gasteiger charge is 2.10. The summed E-state index contributed by atoms with van der Waals surface area (Å²) in [6.07, 6.45) is 1.09. The van der Waals surface area contributed by atoms with Gasteiger partial charge in [-0.2, -0.15) is 0 Å². The fourth-order valence-electron chi connectivity index (χ4n) is 1.70. The fraction of sp³-hybridized carbons (Fsp3) is 0.571. The number of aryl methyl sites for hydroxylation is 1. The van der Waals surface area contributed by atoms with E-state index in [9.17, 15) is 0 Å². The Kier molecular flexibility index (Phi) is 5.33. The van der Waals surface area contributed by atoms with Crippen molar-refractivity contribution in [2.24, 2.45) is 17.6 Å². The van der Waals surface area contributed by atoms with Gasteiger partial charge in [0.15, 0.2) is 0 Å². The Morgan fingerprint density at radius 1 is 1.19 bits per heavy atom. The molecule has 16 heavy (non-hydrogen) atoms. The number of rotatable bonds is 6. The van der Waals surface area contributed by atoms with Crippen molar-refractivity contribution in [2.45, 2.75) is 27.2 Å². The van der Waals surface area contributed by atoms with Gasteiger partial charge < -0.3 is 11.1 Å². The Bertz CT molecular complexity index is 290. The number of hydrogen-bond donors (Lipinski definition) is 2. The van der Waals surface area contributed by atoms with Gasteiger partial charge in [-0.1, -0.05) is 32.9 Å². The van der Waals surface area contributed by atoms with Crippen LogP contribution < -0.4 is 11.1 Å². The molecule has 2 heteroatoms. The summed E-state index contributed by atoms with van der Waals surface area (Å²) >= 11 is 0. The lowest BCUT2D eigenvalue weighted by Crippen LogP contribution is -2.27. The minimum atomic E-state index is 0.547. The lowest BCUT2D eigenvalue weighted by Gasteiger charge is -2.20. The van der Waals surface area contributed by atoms with Crippen molar-refractivity contribution in [1.29, 1.82) is 0 Å². The monoisotopic (exact) mass is 220 g/mol. The van der Waals surface area contributed by atoms with Gasteiger partial charge in [-0.15, -0.1) is 0 Å². The first-order valence-electron chi connectivity index (χ1n) is 6.20. The zero-order chi connectivity index (χ0) is 12.0. The molecule has 0 aliphatic rings. The number of nitrogens with one attached hydrogen (secondary N) is 1. The molecule has 0 amide bonds. The molecule has 1 aromatic rings. The fourth-order valence-corrected chi connectivity index (χ4v) is 1.70. The van der Waals surface area contributed by atoms with Crippen molar-refractivity contribution >= 4 is 5.69 Å². The summed E-state index contributed by atoms with van der Waals surface area (Å²) in [6.45, 7) is 8.32. The number of nitrogens with two attached hydrogens (primary N) is 1. The smallest absolute Gasteiger partial charge is 0.0340 e. The van der Waals surface area contributed by atoms with Crippen LogP contribution in [0.25, 0.3) is 0 Å². The van der Waals surface area contributed by atoms with E-state index in [1.165, 1.54) is 11.3 Å². The van der Waals surface area contributed by atoms with Gasteiger partial charge in [-0.25, -0.2) is 0 Å². The van der Waals surface area contributed by atoms with Crippen LogP contribution in [0, 0.1) is 11.8 Å². The van der Waals surface area contributed by atoms with Crippen LogP contribution in [0.1, 0.15) is 26.3 Å². The summed E-state index contributed by atoms with van der Waals surface area (Å²) in [5, 5.41) is 3.45. The van der Waals surface area contributed by atoms with Gasteiger partial charge >= 0.3 is 0 Å². The molecule has 1 aromatic carbocycles. The Labute approximate surface area is 99.2 Å². The average molecular weight is 220 g/mol. The highest BCUT2D eigenvalue weighted by atomic mass is 14.9. The molecule has 1 atom stereocenters. The van der Waals surface area contributed by atoms with Crippen LogP contribution in [0.15, 0.2) is 24.3 Å². The molecule has 0 aliphatic heterocycles. The Hall–Kier alpha value is -1.02. The molecule has 0 saturated heterocycles. The first kappa shape index (κ1) is 13.0. The second kappa shape index (κ2) is 6.54. The van der Waals surface area contributed by atoms with Crippen LogP contribution in [-0.2, 0) is 6.42 Å². The van der Waals surface area contributed by atoms with Gasteiger partial charge in [0.25, 0.3) is 0 Å². The van der Waals surface area contributed by atoms with E-state index in [-0.39, 0.29) is 0 Å². The SMILES string of the molecule is CCc1ccc(NCC(CN)C(C)C)cc1. The van der Waals surface area contributed by atoms with Crippen LogP contribution in [0.3, 0.4) is 0 Å². The van der Waals surface area contributed by atoms with Gasteiger partial charge in [0, 0.05) is 12.2 Å². The highest BCUT2D eigenvalue weighted by molar-refractivity contribution is 5.44. The standard InChI is InChI=1S/C14H24N2/c1-4-12-5-7-14(8-6-12)16-10-13(9-15)11(2)3/h5-8,11,13,16H,4,9-10,15H2,1-3H3. The van der Waals surface area contributed by atoms with Crippen molar-refractivity contribution in [3.05, 3.63) is 29.8 Å². The summed E-state index contributed by atoms with van der Waals surface area (Å²) < 4.78 is 0. The van der Waals surface area contributed by atoms with E-state index in [0.29, 0.717) is 11.8 Å². The lowest BCUT2D eigenvalue weighted by atomic mass is 9.96. The molecule has 0 spiro atoms. The van der Waals surface area contributed by atoms with Crippen LogP contribution in [-0.4, -0.2) is 13.1 Å². The zero-order valence-corrected chi connectivity index (χ0v) is 10.7. The number of anilines is 1. The minimum Gasteiger partial charge on any atom is -0.385 e. The topological polar surface area (TPSA) is 38.0 Å². The van der Waals surface area contributed by atoms with Gasteiger partial charge in [0.1, 0.15) is 0 Å². The molecular formula is C14H24N2. The van der Waals surface area contributed by atoms with E-state index in [4.69, 9.17) is 5.73 Å². The van der Waals surface area contributed by atoms with Crippen molar-refractivity contribution < 1.29 is 0 Å². The van der Waals surface area contributed by atoms with Gasteiger partial charge in [-0.05, 0) is 42.5 Å². The largest absolute Gasteiger partial charge is 0.385 e. The van der Waals surface area contributed by atoms with Gasteiger partial charge in [0.2, 0.25) is 0 Å². The molecule has 1 rings (SSSR count). The first-order chi connectivity index (χ1) is 7.67. The van der Waals surface area contributed by atoms with E-state index >= 15 is 0 Å². The summed E-state index contributed by atoms with van der Waals surface area (Å²) in [4.78, 5) is 0. The predicted molar refractivity (Wildman–Crippen MR) is 71.7 cm³/mol.